The van der Waals surface area contributed by atoms with E-state index in [0.29, 0.717) is 6.04 Å². The van der Waals surface area contributed by atoms with Gasteiger partial charge in [0.15, 0.2) is 0 Å². The molecular formula is C11H16N4. The second kappa shape index (κ2) is 4.45. The van der Waals surface area contributed by atoms with Crippen LogP contribution in [0.3, 0.4) is 0 Å². The lowest BCUT2D eigenvalue weighted by atomic mass is 10.0. The van der Waals surface area contributed by atoms with Gasteiger partial charge in [0.2, 0.25) is 0 Å². The van der Waals surface area contributed by atoms with E-state index in [1.165, 1.54) is 0 Å². The molecule has 0 saturated heterocycles. The van der Waals surface area contributed by atoms with E-state index in [4.69, 9.17) is 5.26 Å². The molecule has 1 aromatic heterocycles. The fraction of sp³-hybridized carbons (Fsp3) is 0.636. The van der Waals surface area contributed by atoms with Gasteiger partial charge in [-0.1, -0.05) is 6.42 Å². The Morgan fingerprint density at radius 2 is 2.53 bits per heavy atom. The molecule has 0 amide bonds. The van der Waals surface area contributed by atoms with Gasteiger partial charge in [-0.15, -0.1) is 0 Å². The molecule has 0 aromatic carbocycles. The molecule has 3 unspecified atom stereocenters. The van der Waals surface area contributed by atoms with Crippen LogP contribution in [-0.4, -0.2) is 16.2 Å². The summed E-state index contributed by atoms with van der Waals surface area (Å²) in [5.74, 6) is 0.176. The molecule has 3 atom stereocenters. The third kappa shape index (κ3) is 2.18. The summed E-state index contributed by atoms with van der Waals surface area (Å²) in [6.07, 6.45) is 5.05. The first-order chi connectivity index (χ1) is 7.31. The molecule has 2 N–H and O–H groups in total. The van der Waals surface area contributed by atoms with Crippen molar-refractivity contribution in [3.63, 3.8) is 0 Å². The topological polar surface area (TPSA) is 64.5 Å². The van der Waals surface area contributed by atoms with Crippen LogP contribution in [-0.2, 0) is 0 Å². The number of hydrogen-bond donors (Lipinski definition) is 2. The molecule has 80 valence electrons. The smallest absolute Gasteiger partial charge is 0.0672 e. The summed E-state index contributed by atoms with van der Waals surface area (Å²) in [7, 11) is 0. The third-order valence-electron chi connectivity index (χ3n) is 3.13. The molecule has 4 heteroatoms. The molecule has 1 aliphatic carbocycles. The summed E-state index contributed by atoms with van der Waals surface area (Å²) in [5, 5.41) is 19.3. The van der Waals surface area contributed by atoms with Crippen LogP contribution in [0.4, 0.5) is 0 Å². The monoisotopic (exact) mass is 204 g/mol. The first kappa shape index (κ1) is 10.2. The zero-order valence-electron chi connectivity index (χ0n) is 8.90. The molecule has 1 fully saturated rings. The average Bonchev–Trinajstić information content (AvgIpc) is 2.87. The number of hydrogen-bond acceptors (Lipinski definition) is 3. The van der Waals surface area contributed by atoms with Crippen molar-refractivity contribution in [2.24, 2.45) is 5.92 Å². The predicted octanol–water partition coefficient (Wildman–Crippen LogP) is 1.75. The van der Waals surface area contributed by atoms with E-state index in [-0.39, 0.29) is 12.0 Å². The van der Waals surface area contributed by atoms with Gasteiger partial charge in [-0.3, -0.25) is 5.10 Å². The number of rotatable bonds is 3. The Hall–Kier alpha value is -1.34. The van der Waals surface area contributed by atoms with Gasteiger partial charge < -0.3 is 5.32 Å². The van der Waals surface area contributed by atoms with Crippen molar-refractivity contribution in [1.82, 2.24) is 15.5 Å². The van der Waals surface area contributed by atoms with Crippen LogP contribution < -0.4 is 5.32 Å². The van der Waals surface area contributed by atoms with E-state index < -0.39 is 0 Å². The largest absolute Gasteiger partial charge is 0.305 e. The van der Waals surface area contributed by atoms with E-state index >= 15 is 0 Å². The second-order valence-corrected chi connectivity index (χ2v) is 4.17. The van der Waals surface area contributed by atoms with Gasteiger partial charge in [-0.05, 0) is 25.8 Å². The number of aromatic amines is 1. The predicted molar refractivity (Wildman–Crippen MR) is 56.9 cm³/mol. The van der Waals surface area contributed by atoms with Crippen molar-refractivity contribution in [2.45, 2.75) is 38.3 Å². The fourth-order valence-corrected chi connectivity index (χ4v) is 2.23. The highest BCUT2D eigenvalue weighted by molar-refractivity contribution is 5.05. The molecule has 0 spiro atoms. The van der Waals surface area contributed by atoms with E-state index in [1.54, 1.807) is 6.20 Å². The van der Waals surface area contributed by atoms with Gasteiger partial charge in [0.1, 0.15) is 0 Å². The molecule has 0 aliphatic heterocycles. The molecule has 15 heavy (non-hydrogen) atoms. The van der Waals surface area contributed by atoms with Gasteiger partial charge in [0.05, 0.1) is 17.7 Å². The maximum Gasteiger partial charge on any atom is 0.0672 e. The highest BCUT2D eigenvalue weighted by Crippen LogP contribution is 2.26. The van der Waals surface area contributed by atoms with Gasteiger partial charge >= 0.3 is 0 Å². The summed E-state index contributed by atoms with van der Waals surface area (Å²) >= 11 is 0. The Labute approximate surface area is 89.7 Å². The minimum absolute atomic E-state index is 0.176. The highest BCUT2D eigenvalue weighted by atomic mass is 15.1. The van der Waals surface area contributed by atoms with Crippen molar-refractivity contribution < 1.29 is 0 Å². The quantitative estimate of drug-likeness (QED) is 0.788. The summed E-state index contributed by atoms with van der Waals surface area (Å²) in [6.45, 7) is 2.10. The molecule has 1 aliphatic rings. The molecule has 1 aromatic rings. The van der Waals surface area contributed by atoms with Crippen LogP contribution in [0.25, 0.3) is 0 Å². The molecular weight excluding hydrogens is 188 g/mol. The van der Waals surface area contributed by atoms with Crippen molar-refractivity contribution >= 4 is 0 Å². The van der Waals surface area contributed by atoms with Crippen LogP contribution in [0.5, 0.6) is 0 Å². The van der Waals surface area contributed by atoms with E-state index in [1.807, 2.05) is 6.07 Å². The lowest BCUT2D eigenvalue weighted by Gasteiger charge is -2.20. The SMILES string of the molecule is CC(NC1CCCC1C#N)c1ccn[nH]1. The van der Waals surface area contributed by atoms with E-state index in [0.717, 1.165) is 25.0 Å². The van der Waals surface area contributed by atoms with Crippen molar-refractivity contribution in [3.05, 3.63) is 18.0 Å². The van der Waals surface area contributed by atoms with Crippen molar-refractivity contribution in [2.75, 3.05) is 0 Å². The van der Waals surface area contributed by atoms with Crippen molar-refractivity contribution in [3.8, 4) is 6.07 Å². The summed E-state index contributed by atoms with van der Waals surface area (Å²) in [4.78, 5) is 0. The maximum absolute atomic E-state index is 8.97. The summed E-state index contributed by atoms with van der Waals surface area (Å²) in [5.41, 5.74) is 1.08. The van der Waals surface area contributed by atoms with E-state index in [2.05, 4.69) is 28.5 Å². The molecule has 0 radical (unpaired) electrons. The number of nitrogens with zero attached hydrogens (tertiary/aromatic N) is 2. The number of nitrogens with one attached hydrogen (secondary N) is 2. The first-order valence-electron chi connectivity index (χ1n) is 5.46. The molecule has 1 heterocycles. The lowest BCUT2D eigenvalue weighted by molar-refractivity contribution is 0.412. The first-order valence-corrected chi connectivity index (χ1v) is 5.46. The summed E-state index contributed by atoms with van der Waals surface area (Å²) in [6, 6.07) is 4.93. The Morgan fingerprint density at radius 1 is 1.67 bits per heavy atom. The number of H-pyrrole nitrogens is 1. The van der Waals surface area contributed by atoms with E-state index in [9.17, 15) is 0 Å². The number of aromatic nitrogens is 2. The van der Waals surface area contributed by atoms with Crippen molar-refractivity contribution in [1.29, 1.82) is 5.26 Å². The molecule has 0 bridgehead atoms. The zero-order chi connectivity index (χ0) is 10.7. The third-order valence-corrected chi connectivity index (χ3v) is 3.13. The zero-order valence-corrected chi connectivity index (χ0v) is 8.90. The lowest BCUT2D eigenvalue weighted by Crippen LogP contribution is -2.34. The van der Waals surface area contributed by atoms with Gasteiger partial charge in [-0.2, -0.15) is 10.4 Å². The Morgan fingerprint density at radius 3 is 3.20 bits per heavy atom. The molecule has 4 nitrogen and oxygen atoms in total. The summed E-state index contributed by atoms with van der Waals surface area (Å²) < 4.78 is 0. The average molecular weight is 204 g/mol. The highest BCUT2D eigenvalue weighted by Gasteiger charge is 2.28. The van der Waals surface area contributed by atoms with Crippen LogP contribution in [0.15, 0.2) is 12.3 Å². The maximum atomic E-state index is 8.97. The van der Waals surface area contributed by atoms with Crippen LogP contribution >= 0.6 is 0 Å². The Bertz CT molecular complexity index is 338. The molecule has 1 saturated carbocycles. The van der Waals surface area contributed by atoms with Gasteiger partial charge in [0.25, 0.3) is 0 Å². The van der Waals surface area contributed by atoms with Crippen LogP contribution in [0.2, 0.25) is 0 Å². The number of nitriles is 1. The minimum atomic E-state index is 0.176. The normalized spacial score (nSPS) is 27.5. The van der Waals surface area contributed by atoms with Gasteiger partial charge in [-0.25, -0.2) is 0 Å². The molecule has 2 rings (SSSR count). The Kier molecular flexibility index (Phi) is 3.02. The van der Waals surface area contributed by atoms with Crippen LogP contribution in [0, 0.1) is 17.2 Å². The fourth-order valence-electron chi connectivity index (χ4n) is 2.23. The minimum Gasteiger partial charge on any atom is -0.305 e. The standard InChI is InChI=1S/C11H16N4/c1-8(10-5-6-13-15-10)14-11-4-2-3-9(11)7-12/h5-6,8-9,11,14H,2-4H2,1H3,(H,13,15). The van der Waals surface area contributed by atoms with Gasteiger partial charge in [0, 0.05) is 18.3 Å². The second-order valence-electron chi connectivity index (χ2n) is 4.17. The Balaban J connectivity index is 1.94. The van der Waals surface area contributed by atoms with Crippen LogP contribution in [0.1, 0.15) is 37.9 Å².